The molecule has 0 aliphatic rings. The van der Waals surface area contributed by atoms with Crippen LogP contribution in [0.25, 0.3) is 0 Å². The van der Waals surface area contributed by atoms with Crippen LogP contribution >= 0.6 is 0 Å². The number of aliphatic carboxylic acids is 2. The zero-order chi connectivity index (χ0) is 13.5. The Hall–Kier alpha value is -0.0600. The first kappa shape index (κ1) is 19.3. The number of hydrogen-bond donors (Lipinski definition) is 2. The maximum atomic E-state index is 9.64. The second-order valence-corrected chi connectivity index (χ2v) is 5.06. The quantitative estimate of drug-likeness (QED) is 0.490. The summed E-state index contributed by atoms with van der Waals surface area (Å²) in [5, 5.41) is 15.8. The molecule has 0 saturated heterocycles. The number of carbonyl (C=O) groups is 2. The third-order valence-corrected chi connectivity index (χ3v) is 2.97. The van der Waals surface area contributed by atoms with E-state index in [1.807, 2.05) is 0 Å². The molecule has 0 aliphatic carbocycles. The Balaban J connectivity index is 0. The van der Waals surface area contributed by atoms with Crippen molar-refractivity contribution in [3.63, 3.8) is 0 Å². The number of rotatable bonds is 9. The molecule has 17 heavy (non-hydrogen) atoms. The Morgan fingerprint density at radius 3 is 1.65 bits per heavy atom. The number of carboxylic acid groups (broad SMARTS) is 2. The molecule has 0 fully saturated rings. The molecule has 0 saturated carbocycles. The molecular formula is C12H23NaO4. The van der Waals surface area contributed by atoms with Crippen LogP contribution in [0.5, 0.6) is 0 Å². The Morgan fingerprint density at radius 1 is 0.882 bits per heavy atom. The van der Waals surface area contributed by atoms with Crippen molar-refractivity contribution in [2.24, 2.45) is 0 Å². The van der Waals surface area contributed by atoms with E-state index >= 15 is 0 Å². The largest absolute Gasteiger partial charge is 0.481 e. The second kappa shape index (κ2) is 15.9. The molecule has 0 bridgehead atoms. The molecule has 0 heterocycles. The molecular weight excluding hydrogens is 231 g/mol. The topological polar surface area (TPSA) is 74.6 Å². The first-order chi connectivity index (χ1) is 8.04. The average Bonchev–Trinajstić information content (AvgIpc) is 2.27. The van der Waals surface area contributed by atoms with Crippen molar-refractivity contribution < 1.29 is 19.8 Å². The molecule has 96 valence electrons. The minimum atomic E-state index is -1.08. The van der Waals surface area contributed by atoms with Crippen LogP contribution in [0.15, 0.2) is 0 Å². The van der Waals surface area contributed by atoms with Crippen LogP contribution in [-0.2, 0) is 9.59 Å². The van der Waals surface area contributed by atoms with E-state index in [0.29, 0.717) is 0 Å². The van der Waals surface area contributed by atoms with E-state index in [4.69, 9.17) is 10.2 Å². The van der Waals surface area contributed by atoms with Crippen LogP contribution in [0.3, 0.4) is 0 Å². The Kier molecular flexibility index (Phi) is 18.1. The molecule has 0 amide bonds. The number of unbranched alkanes of at least 4 members (excludes halogenated alkanes) is 5. The molecule has 0 unspecified atom stereocenters. The molecule has 0 aliphatic heterocycles. The Labute approximate surface area is 121 Å². The molecule has 4 nitrogen and oxygen atoms in total. The van der Waals surface area contributed by atoms with E-state index in [1.54, 1.807) is 0 Å². The number of carboxylic acids is 2. The number of hydrogen-bond acceptors (Lipinski definition) is 2. The zero-order valence-electron chi connectivity index (χ0n) is 11.1. The van der Waals surface area contributed by atoms with Gasteiger partial charge in [0.1, 0.15) is 0 Å². The predicted molar refractivity (Wildman–Crippen MR) is 68.4 cm³/mol. The van der Waals surface area contributed by atoms with Crippen LogP contribution in [-0.4, -0.2) is 50.1 Å². The fourth-order valence-electron chi connectivity index (χ4n) is 1.24. The van der Waals surface area contributed by atoms with E-state index in [2.05, 4.69) is 6.92 Å². The fourth-order valence-corrected chi connectivity index (χ4v) is 1.74. The van der Waals surface area contributed by atoms with Gasteiger partial charge in [-0.25, -0.2) is 0 Å². The maximum Gasteiger partial charge on any atom is 0.303 e. The molecule has 0 radical (unpaired) electrons. The van der Waals surface area contributed by atoms with E-state index < -0.39 is 11.9 Å². The van der Waals surface area contributed by atoms with E-state index in [-0.39, 0.29) is 12.8 Å². The molecule has 5 heteroatoms. The molecule has 0 aromatic rings. The first-order valence-electron chi connectivity index (χ1n) is 6.48. The molecule has 0 aromatic carbocycles. The molecule has 0 spiro atoms. The van der Waals surface area contributed by atoms with Crippen LogP contribution in [0, 0.1) is 0 Å². The van der Waals surface area contributed by atoms with Crippen molar-refractivity contribution in [3.05, 3.63) is 0 Å². The van der Waals surface area contributed by atoms with Gasteiger partial charge in [-0.15, -0.1) is 0 Å². The van der Waals surface area contributed by atoms with E-state index in [1.165, 1.54) is 70.1 Å². The van der Waals surface area contributed by atoms with Crippen LogP contribution < -0.4 is 0 Å². The SMILES string of the molecule is CCCCCCC[CH2][Na].O=C(O)CCC(=O)O. The monoisotopic (exact) mass is 254 g/mol. The molecule has 0 rings (SSSR count). The van der Waals surface area contributed by atoms with Crippen molar-refractivity contribution >= 4 is 39.9 Å². The van der Waals surface area contributed by atoms with Gasteiger partial charge in [-0.3, -0.25) is 9.59 Å². The van der Waals surface area contributed by atoms with Gasteiger partial charge < -0.3 is 10.2 Å². The van der Waals surface area contributed by atoms with Crippen LogP contribution in [0.2, 0.25) is 3.67 Å². The summed E-state index contributed by atoms with van der Waals surface area (Å²) >= 11 is 1.41. The first-order valence-corrected chi connectivity index (χ1v) is 7.89. The second-order valence-electron chi connectivity index (χ2n) is 4.06. The zero-order valence-corrected chi connectivity index (χ0v) is 13.1. The van der Waals surface area contributed by atoms with Gasteiger partial charge in [0.25, 0.3) is 0 Å². The third kappa shape index (κ3) is 25.9. The minimum Gasteiger partial charge on any atom is -0.481 e. The standard InChI is InChI=1S/C8H17.C4H6O4.Na/c1-3-5-7-8-6-4-2;5-3(6)1-2-4(7)8;/h1,3-8H2,2H3;1-2H2,(H,5,6)(H,7,8);. The summed E-state index contributed by atoms with van der Waals surface area (Å²) in [4.78, 5) is 19.3. The van der Waals surface area contributed by atoms with E-state index in [0.717, 1.165) is 0 Å². The van der Waals surface area contributed by atoms with Crippen molar-refractivity contribution in [2.45, 2.75) is 62.0 Å². The average molecular weight is 254 g/mol. The summed E-state index contributed by atoms with van der Waals surface area (Å²) in [5.74, 6) is -2.15. The van der Waals surface area contributed by atoms with Gasteiger partial charge in [-0.05, 0) is 0 Å². The maximum absolute atomic E-state index is 9.64. The summed E-state index contributed by atoms with van der Waals surface area (Å²) in [6.45, 7) is 2.27. The van der Waals surface area contributed by atoms with Crippen molar-refractivity contribution in [1.29, 1.82) is 0 Å². The van der Waals surface area contributed by atoms with Gasteiger partial charge in [0.05, 0.1) is 12.8 Å². The van der Waals surface area contributed by atoms with Gasteiger partial charge in [-0.2, -0.15) is 0 Å². The normalized spacial score (nSPS) is 9.35. The van der Waals surface area contributed by atoms with Gasteiger partial charge in [-0.1, -0.05) is 0 Å². The smallest absolute Gasteiger partial charge is 0.303 e. The summed E-state index contributed by atoms with van der Waals surface area (Å²) in [6, 6.07) is 0. The van der Waals surface area contributed by atoms with Crippen molar-refractivity contribution in [3.8, 4) is 0 Å². The van der Waals surface area contributed by atoms with Crippen molar-refractivity contribution in [1.82, 2.24) is 0 Å². The van der Waals surface area contributed by atoms with Crippen LogP contribution in [0.4, 0.5) is 0 Å². The van der Waals surface area contributed by atoms with Gasteiger partial charge >= 0.3 is 89.0 Å². The van der Waals surface area contributed by atoms with Gasteiger partial charge in [0, 0.05) is 0 Å². The van der Waals surface area contributed by atoms with Crippen molar-refractivity contribution in [2.75, 3.05) is 0 Å². The Morgan fingerprint density at radius 2 is 1.29 bits per heavy atom. The Bertz CT molecular complexity index is 175. The summed E-state index contributed by atoms with van der Waals surface area (Å²) in [6.07, 6.45) is 8.17. The predicted octanol–water partition coefficient (Wildman–Crippen LogP) is 2.87. The third-order valence-electron chi connectivity index (χ3n) is 2.26. The fraction of sp³-hybridized carbons (Fsp3) is 0.833. The summed E-state index contributed by atoms with van der Waals surface area (Å²) in [5.41, 5.74) is 0. The van der Waals surface area contributed by atoms with E-state index in [9.17, 15) is 9.59 Å². The van der Waals surface area contributed by atoms with Crippen LogP contribution in [0.1, 0.15) is 58.3 Å². The molecule has 0 aromatic heterocycles. The van der Waals surface area contributed by atoms with Gasteiger partial charge in [0.2, 0.25) is 0 Å². The van der Waals surface area contributed by atoms with Gasteiger partial charge in [0.15, 0.2) is 0 Å². The molecule has 2 N–H and O–H groups in total. The summed E-state index contributed by atoms with van der Waals surface area (Å²) < 4.78 is 1.51. The minimum absolute atomic E-state index is 0.296. The molecule has 0 atom stereocenters. The summed E-state index contributed by atoms with van der Waals surface area (Å²) in [7, 11) is 0.